The van der Waals surface area contributed by atoms with Crippen molar-refractivity contribution in [1.29, 1.82) is 0 Å². The zero-order valence-electron chi connectivity index (χ0n) is 26.4. The van der Waals surface area contributed by atoms with Gasteiger partial charge in [0.1, 0.15) is 0 Å². The van der Waals surface area contributed by atoms with Crippen molar-refractivity contribution in [2.75, 3.05) is 18.8 Å². The van der Waals surface area contributed by atoms with Crippen LogP contribution >= 0.6 is 0 Å². The Morgan fingerprint density at radius 3 is 1.91 bits per heavy atom. The maximum atomic E-state index is 12.2. The average molecular weight is 623 g/mol. The summed E-state index contributed by atoms with van der Waals surface area (Å²) in [5.74, 6) is -1.68. The summed E-state index contributed by atoms with van der Waals surface area (Å²) in [6, 6.07) is 27.0. The van der Waals surface area contributed by atoms with Gasteiger partial charge in [0, 0.05) is 0 Å². The fraction of sp³-hybridized carbons (Fsp3) is 0.472. The van der Waals surface area contributed by atoms with Gasteiger partial charge in [-0.3, -0.25) is 9.35 Å². The Labute approximate surface area is 263 Å². The number of hydrogen-bond donors (Lipinski definition) is 4. The Morgan fingerprint density at radius 1 is 0.909 bits per heavy atom. The zero-order chi connectivity index (χ0) is 32.4. The third-order valence-corrected chi connectivity index (χ3v) is 10.2. The Bertz CT molecular complexity index is 1400. The summed E-state index contributed by atoms with van der Waals surface area (Å²) in [6.07, 6.45) is 5.12. The van der Waals surface area contributed by atoms with Crippen LogP contribution in [0, 0.1) is 11.3 Å². The first-order valence-electron chi connectivity index (χ1n) is 15.7. The number of fused-ring (bicyclic) bond motifs is 3. The van der Waals surface area contributed by atoms with Gasteiger partial charge >= 0.3 is 5.97 Å². The lowest BCUT2D eigenvalue weighted by molar-refractivity contribution is -0.157. The highest BCUT2D eigenvalue weighted by Crippen LogP contribution is 2.58. The van der Waals surface area contributed by atoms with Crippen LogP contribution in [0.5, 0.6) is 0 Å². The third kappa shape index (κ3) is 9.00. The van der Waals surface area contributed by atoms with E-state index in [1.807, 2.05) is 36.4 Å². The molecular weight excluding hydrogens is 572 g/mol. The van der Waals surface area contributed by atoms with Crippen molar-refractivity contribution in [3.05, 3.63) is 107 Å². The summed E-state index contributed by atoms with van der Waals surface area (Å²) in [4.78, 5) is 12.2. The highest BCUT2D eigenvalue weighted by molar-refractivity contribution is 7.85. The van der Waals surface area contributed by atoms with E-state index in [0.29, 0.717) is 25.2 Å². The molecule has 3 aromatic rings. The van der Waals surface area contributed by atoms with Crippen molar-refractivity contribution in [3.63, 3.8) is 0 Å². The fourth-order valence-corrected chi connectivity index (χ4v) is 8.24. The molecule has 2 aliphatic rings. The normalized spacial score (nSPS) is 22.4. The maximum Gasteiger partial charge on any atom is 0.311 e. The molecule has 44 heavy (non-hydrogen) atoms. The van der Waals surface area contributed by atoms with Crippen molar-refractivity contribution in [1.82, 2.24) is 0 Å². The summed E-state index contributed by atoms with van der Waals surface area (Å²) in [5, 5.41) is 9.99. The van der Waals surface area contributed by atoms with E-state index >= 15 is 0 Å². The molecule has 3 aromatic carbocycles. The second-order valence-corrected chi connectivity index (χ2v) is 14.1. The van der Waals surface area contributed by atoms with Gasteiger partial charge in [0.05, 0.1) is 11.2 Å². The van der Waals surface area contributed by atoms with Gasteiger partial charge in [-0.2, -0.15) is 8.42 Å². The lowest BCUT2D eigenvalue weighted by Gasteiger charge is -2.54. The van der Waals surface area contributed by atoms with Crippen LogP contribution in [0.25, 0.3) is 0 Å². The van der Waals surface area contributed by atoms with Crippen molar-refractivity contribution >= 4 is 16.1 Å². The average Bonchev–Trinajstić information content (AvgIpc) is 2.98. The number of carboxylic acids is 1. The van der Waals surface area contributed by atoms with Crippen LogP contribution in [0.1, 0.15) is 80.2 Å². The Hall–Kier alpha value is -3.04. The second kappa shape index (κ2) is 15.8. The molecule has 0 radical (unpaired) electrons. The van der Waals surface area contributed by atoms with Crippen LogP contribution < -0.4 is 11.5 Å². The van der Waals surface area contributed by atoms with E-state index in [4.69, 9.17) is 11.5 Å². The number of carboxylic acid groups (broad SMARTS) is 1. The first-order chi connectivity index (χ1) is 20.9. The zero-order valence-corrected chi connectivity index (χ0v) is 27.2. The molecule has 0 heterocycles. The van der Waals surface area contributed by atoms with Gasteiger partial charge in [0.15, 0.2) is 0 Å². The first kappa shape index (κ1) is 35.4. The monoisotopic (exact) mass is 622 g/mol. The summed E-state index contributed by atoms with van der Waals surface area (Å²) in [5.41, 5.74) is 15.2. The van der Waals surface area contributed by atoms with Crippen LogP contribution in [-0.4, -0.2) is 42.9 Å². The topological polar surface area (TPSA) is 144 Å². The minimum atomic E-state index is -4.38. The number of rotatable bonds is 8. The molecule has 0 saturated heterocycles. The molecular formula is C36H50N2O5S. The van der Waals surface area contributed by atoms with Crippen LogP contribution in [0.4, 0.5) is 0 Å². The number of benzene rings is 3. The Morgan fingerprint density at radius 2 is 1.45 bits per heavy atom. The molecule has 0 unspecified atom stereocenters. The van der Waals surface area contributed by atoms with E-state index in [2.05, 4.69) is 63.2 Å². The summed E-state index contributed by atoms with van der Waals surface area (Å²) in [6.45, 7) is 7.86. The molecule has 3 atom stereocenters. The van der Waals surface area contributed by atoms with Crippen LogP contribution in [0.2, 0.25) is 0 Å². The largest absolute Gasteiger partial charge is 0.481 e. The maximum absolute atomic E-state index is 12.2. The summed E-state index contributed by atoms with van der Waals surface area (Å²) >= 11 is 0. The summed E-state index contributed by atoms with van der Waals surface area (Å²) < 4.78 is 32.8. The lowest BCUT2D eigenvalue weighted by Crippen LogP contribution is -2.56. The molecule has 0 spiro atoms. The Kier molecular flexibility index (Phi) is 12.7. The van der Waals surface area contributed by atoms with Crippen molar-refractivity contribution in [2.45, 2.75) is 77.0 Å². The van der Waals surface area contributed by atoms with Crippen LogP contribution in [0.3, 0.4) is 0 Å². The van der Waals surface area contributed by atoms with Gasteiger partial charge < -0.3 is 16.6 Å². The molecule has 1 fully saturated rings. The van der Waals surface area contributed by atoms with Gasteiger partial charge in [-0.25, -0.2) is 0 Å². The van der Waals surface area contributed by atoms with Crippen LogP contribution in [0.15, 0.2) is 78.9 Å². The SMILES string of the molecule is CC(C)c1ccc2c(c1)CC[C@H]1[C@@](CS(=O)(=O)O)(C(=O)O)CCC[C@]21C.NCCc1ccccc1.NCCc1ccccc1. The number of carbonyl (C=O) groups is 1. The predicted octanol–water partition coefficient (Wildman–Crippen LogP) is 6.15. The molecule has 0 aliphatic heterocycles. The molecule has 0 bridgehead atoms. The van der Waals surface area contributed by atoms with E-state index in [1.54, 1.807) is 0 Å². The van der Waals surface area contributed by atoms with Crippen molar-refractivity contribution in [2.24, 2.45) is 22.8 Å². The number of nitrogens with two attached hydrogens (primary N) is 2. The van der Waals surface area contributed by atoms with Crippen molar-refractivity contribution < 1.29 is 22.9 Å². The van der Waals surface area contributed by atoms with Gasteiger partial charge in [-0.1, -0.05) is 106 Å². The molecule has 6 N–H and O–H groups in total. The molecule has 0 amide bonds. The van der Waals surface area contributed by atoms with Gasteiger partial charge in [0.2, 0.25) is 0 Å². The van der Waals surface area contributed by atoms with Crippen LogP contribution in [-0.2, 0) is 39.6 Å². The molecule has 240 valence electrons. The van der Waals surface area contributed by atoms with Gasteiger partial charge in [0.25, 0.3) is 10.1 Å². The standard InChI is InChI=1S/C20H28O5S.2C8H11N/c1-13(2)14-5-7-16-15(11-14)6-8-17-19(16,3)9-4-10-20(17,18(21)22)12-26(23,24)25;2*9-7-6-8-4-2-1-3-5-8/h5,7,11,13,17H,4,6,8-10,12H2,1-3H3,(H,21,22)(H,23,24,25);2*1-5H,6-7,9H2/t17-,19-,20-;;/m1../s1. The summed E-state index contributed by atoms with van der Waals surface area (Å²) in [7, 11) is -4.38. The molecule has 8 heteroatoms. The Balaban J connectivity index is 0.000000238. The highest BCUT2D eigenvalue weighted by atomic mass is 32.2. The quantitative estimate of drug-likeness (QED) is 0.221. The van der Waals surface area contributed by atoms with E-state index < -0.39 is 27.3 Å². The minimum absolute atomic E-state index is 0.293. The van der Waals surface area contributed by atoms with E-state index in [0.717, 1.165) is 44.3 Å². The molecule has 0 aromatic heterocycles. The van der Waals surface area contributed by atoms with Crippen molar-refractivity contribution in [3.8, 4) is 0 Å². The smallest absolute Gasteiger partial charge is 0.311 e. The third-order valence-electron chi connectivity index (χ3n) is 9.29. The predicted molar refractivity (Wildman–Crippen MR) is 178 cm³/mol. The van der Waals surface area contributed by atoms with E-state index in [9.17, 15) is 22.9 Å². The molecule has 7 nitrogen and oxygen atoms in total. The second-order valence-electron chi connectivity index (χ2n) is 12.7. The van der Waals surface area contributed by atoms with Gasteiger partial charge in [-0.05, 0) is 96.7 Å². The molecule has 2 aliphatic carbocycles. The number of hydrogen-bond acceptors (Lipinski definition) is 5. The molecule has 1 saturated carbocycles. The molecule has 5 rings (SSSR count). The first-order valence-corrected chi connectivity index (χ1v) is 17.3. The van der Waals surface area contributed by atoms with E-state index in [-0.39, 0.29) is 11.3 Å². The van der Waals surface area contributed by atoms with E-state index in [1.165, 1.54) is 22.3 Å². The lowest BCUT2D eigenvalue weighted by atomic mass is 9.49. The minimum Gasteiger partial charge on any atom is -0.481 e. The highest BCUT2D eigenvalue weighted by Gasteiger charge is 2.59. The number of aliphatic carboxylic acids is 1. The number of aryl methyl sites for hydroxylation is 1. The van der Waals surface area contributed by atoms with Gasteiger partial charge in [-0.15, -0.1) is 0 Å². The fourth-order valence-electron chi connectivity index (χ4n) is 7.12.